The fourth-order valence-corrected chi connectivity index (χ4v) is 2.61. The van der Waals surface area contributed by atoms with E-state index < -0.39 is 23.3 Å². The van der Waals surface area contributed by atoms with Crippen LogP contribution in [0.2, 0.25) is 0 Å². The lowest BCUT2D eigenvalue weighted by molar-refractivity contribution is -0.144. The molecule has 4 nitrogen and oxygen atoms in total. The summed E-state index contributed by atoms with van der Waals surface area (Å²) in [5.41, 5.74) is -2.11. The van der Waals surface area contributed by atoms with Gasteiger partial charge in [-0.05, 0) is 18.9 Å². The number of rotatable bonds is 2. The lowest BCUT2D eigenvalue weighted by atomic mass is 9.82. The molecule has 0 bridgehead atoms. The first-order valence-electron chi connectivity index (χ1n) is 5.62. The molecule has 7 heteroatoms. The molecule has 0 amide bonds. The molecule has 0 aliphatic heterocycles. The maximum absolute atomic E-state index is 12.6. The number of hydrogen-bond donors (Lipinski definition) is 1. The van der Waals surface area contributed by atoms with E-state index in [1.54, 1.807) is 0 Å². The van der Waals surface area contributed by atoms with Gasteiger partial charge < -0.3 is 5.11 Å². The number of alkyl halides is 3. The van der Waals surface area contributed by atoms with E-state index in [9.17, 15) is 23.1 Å². The summed E-state index contributed by atoms with van der Waals surface area (Å²) in [6.07, 6.45) is -2.41. The van der Waals surface area contributed by atoms with Gasteiger partial charge in [-0.1, -0.05) is 12.8 Å². The molecule has 18 heavy (non-hydrogen) atoms. The maximum Gasteiger partial charge on any atom is 0.435 e. The van der Waals surface area contributed by atoms with Crippen LogP contribution in [0.4, 0.5) is 13.2 Å². The summed E-state index contributed by atoms with van der Waals surface area (Å²) < 4.78 is 38.8. The van der Waals surface area contributed by atoms with Gasteiger partial charge in [0.25, 0.3) is 0 Å². The highest BCUT2D eigenvalue weighted by Crippen LogP contribution is 2.42. The number of carbonyl (C=O) groups is 1. The summed E-state index contributed by atoms with van der Waals surface area (Å²) in [5.74, 6) is -1.07. The van der Waals surface area contributed by atoms with Crippen molar-refractivity contribution in [2.75, 3.05) is 0 Å². The Morgan fingerprint density at radius 1 is 1.44 bits per heavy atom. The molecular formula is C11H13F3N2O2. The molecule has 0 unspecified atom stereocenters. The van der Waals surface area contributed by atoms with Gasteiger partial charge >= 0.3 is 12.1 Å². The first-order valence-corrected chi connectivity index (χ1v) is 5.62. The number of aryl methyl sites for hydroxylation is 1. The van der Waals surface area contributed by atoms with Crippen molar-refractivity contribution in [2.45, 2.75) is 37.3 Å². The average molecular weight is 262 g/mol. The van der Waals surface area contributed by atoms with Crippen LogP contribution in [0.25, 0.3) is 0 Å². The molecule has 0 spiro atoms. The van der Waals surface area contributed by atoms with Gasteiger partial charge in [-0.25, -0.2) is 0 Å². The van der Waals surface area contributed by atoms with Crippen LogP contribution in [0.15, 0.2) is 6.07 Å². The number of carboxylic acid groups (broad SMARTS) is 1. The van der Waals surface area contributed by atoms with Crippen molar-refractivity contribution in [3.05, 3.63) is 17.5 Å². The lowest BCUT2D eigenvalue weighted by Gasteiger charge is -2.23. The topological polar surface area (TPSA) is 55.1 Å². The monoisotopic (exact) mass is 262 g/mol. The minimum atomic E-state index is -4.55. The Bertz CT molecular complexity index is 473. The van der Waals surface area contributed by atoms with Gasteiger partial charge in [-0.2, -0.15) is 18.3 Å². The fraction of sp³-hybridized carbons (Fsp3) is 0.636. The van der Waals surface area contributed by atoms with E-state index in [2.05, 4.69) is 5.10 Å². The standard InChI is InChI=1S/C11H13F3N2O2/c1-16-8(6-7(15-16)11(12,13)14)10(9(17)18)4-2-3-5-10/h6H,2-5H2,1H3,(H,17,18). The zero-order valence-electron chi connectivity index (χ0n) is 9.79. The summed E-state index contributed by atoms with van der Waals surface area (Å²) in [6, 6.07) is 0.861. The third kappa shape index (κ3) is 1.87. The summed E-state index contributed by atoms with van der Waals surface area (Å²) in [7, 11) is 1.35. The molecule has 0 radical (unpaired) electrons. The van der Waals surface area contributed by atoms with Crippen LogP contribution in [-0.4, -0.2) is 20.9 Å². The molecule has 0 saturated heterocycles. The third-order valence-electron chi connectivity index (χ3n) is 3.53. The van der Waals surface area contributed by atoms with Gasteiger partial charge in [-0.3, -0.25) is 9.48 Å². The predicted molar refractivity (Wildman–Crippen MR) is 56.0 cm³/mol. The van der Waals surface area contributed by atoms with E-state index in [1.165, 1.54) is 7.05 Å². The summed E-state index contributed by atoms with van der Waals surface area (Å²) in [4.78, 5) is 11.4. The highest BCUT2D eigenvalue weighted by molar-refractivity contribution is 5.81. The summed E-state index contributed by atoms with van der Waals surface area (Å²) in [6.45, 7) is 0. The molecule has 1 N–H and O–H groups in total. The quantitative estimate of drug-likeness (QED) is 0.890. The molecule has 1 aromatic heterocycles. The number of aliphatic carboxylic acids is 1. The van der Waals surface area contributed by atoms with E-state index >= 15 is 0 Å². The number of halogens is 3. The normalized spacial score (nSPS) is 19.1. The van der Waals surface area contributed by atoms with Crippen LogP contribution in [0.3, 0.4) is 0 Å². The zero-order valence-corrected chi connectivity index (χ0v) is 9.79. The highest BCUT2D eigenvalue weighted by Gasteiger charge is 2.47. The van der Waals surface area contributed by atoms with E-state index in [4.69, 9.17) is 0 Å². The number of hydrogen-bond acceptors (Lipinski definition) is 2. The van der Waals surface area contributed by atoms with E-state index in [-0.39, 0.29) is 5.69 Å². The molecule has 1 aromatic rings. The third-order valence-corrected chi connectivity index (χ3v) is 3.53. The minimum absolute atomic E-state index is 0.139. The molecule has 1 fully saturated rings. The number of aromatic nitrogens is 2. The Morgan fingerprint density at radius 3 is 2.39 bits per heavy atom. The lowest BCUT2D eigenvalue weighted by Crippen LogP contribution is -2.34. The van der Waals surface area contributed by atoms with Crippen LogP contribution in [0, 0.1) is 0 Å². The number of nitrogens with zero attached hydrogens (tertiary/aromatic N) is 2. The van der Waals surface area contributed by atoms with Crippen LogP contribution in [0.1, 0.15) is 37.1 Å². The maximum atomic E-state index is 12.6. The Hall–Kier alpha value is -1.53. The predicted octanol–water partition coefficient (Wildman–Crippen LogP) is 2.34. The Morgan fingerprint density at radius 2 is 2.00 bits per heavy atom. The van der Waals surface area contributed by atoms with Crippen LogP contribution in [0.5, 0.6) is 0 Å². The molecule has 1 aliphatic rings. The first-order chi connectivity index (χ1) is 8.27. The molecule has 100 valence electrons. The van der Waals surface area contributed by atoms with Gasteiger partial charge in [0.05, 0.1) is 5.69 Å². The highest BCUT2D eigenvalue weighted by atomic mass is 19.4. The van der Waals surface area contributed by atoms with Gasteiger partial charge in [0.15, 0.2) is 5.69 Å². The van der Waals surface area contributed by atoms with Crippen LogP contribution in [-0.2, 0) is 23.4 Å². The molecule has 1 saturated carbocycles. The largest absolute Gasteiger partial charge is 0.481 e. The molecule has 2 rings (SSSR count). The molecular weight excluding hydrogens is 249 g/mol. The van der Waals surface area contributed by atoms with Gasteiger partial charge in [0, 0.05) is 7.05 Å². The minimum Gasteiger partial charge on any atom is -0.481 e. The van der Waals surface area contributed by atoms with Crippen molar-refractivity contribution in [1.29, 1.82) is 0 Å². The van der Waals surface area contributed by atoms with Crippen LogP contribution >= 0.6 is 0 Å². The van der Waals surface area contributed by atoms with Crippen molar-refractivity contribution in [3.8, 4) is 0 Å². The molecule has 1 aliphatic carbocycles. The molecule has 0 atom stereocenters. The summed E-state index contributed by atoms with van der Waals surface area (Å²) in [5, 5.41) is 12.7. The second-order valence-corrected chi connectivity index (χ2v) is 4.63. The SMILES string of the molecule is Cn1nc(C(F)(F)F)cc1C1(C(=O)O)CCCC1. The van der Waals surface area contributed by atoms with Crippen molar-refractivity contribution in [1.82, 2.24) is 9.78 Å². The second-order valence-electron chi connectivity index (χ2n) is 4.63. The van der Waals surface area contributed by atoms with E-state index in [0.717, 1.165) is 10.7 Å². The zero-order chi connectivity index (χ0) is 13.6. The second kappa shape index (κ2) is 4.00. The fourth-order valence-electron chi connectivity index (χ4n) is 2.61. The Labute approximate surface area is 101 Å². The Kier molecular flexibility index (Phi) is 2.87. The average Bonchev–Trinajstić information content (AvgIpc) is 2.82. The van der Waals surface area contributed by atoms with Crippen molar-refractivity contribution < 1.29 is 23.1 Å². The first kappa shape index (κ1) is 12.9. The van der Waals surface area contributed by atoms with Gasteiger partial charge in [-0.15, -0.1) is 0 Å². The van der Waals surface area contributed by atoms with E-state index in [0.29, 0.717) is 25.7 Å². The smallest absolute Gasteiger partial charge is 0.435 e. The van der Waals surface area contributed by atoms with Crippen LogP contribution < -0.4 is 0 Å². The Balaban J connectivity index is 2.50. The van der Waals surface area contributed by atoms with Gasteiger partial charge in [0.2, 0.25) is 0 Å². The van der Waals surface area contributed by atoms with Crippen molar-refractivity contribution >= 4 is 5.97 Å². The van der Waals surface area contributed by atoms with Gasteiger partial charge in [0.1, 0.15) is 5.41 Å². The molecule has 0 aromatic carbocycles. The summed E-state index contributed by atoms with van der Waals surface area (Å²) >= 11 is 0. The molecule has 1 heterocycles. The number of carboxylic acids is 1. The van der Waals surface area contributed by atoms with E-state index in [1.807, 2.05) is 0 Å². The van der Waals surface area contributed by atoms with Crippen molar-refractivity contribution in [3.63, 3.8) is 0 Å². The van der Waals surface area contributed by atoms with Crippen molar-refractivity contribution in [2.24, 2.45) is 7.05 Å².